The molecule has 1 aliphatic heterocycles. The number of Topliss-reactive ketones (excluding diaryl/α,β-unsaturated/α-hetero) is 1. The topological polar surface area (TPSA) is 108 Å². The summed E-state index contributed by atoms with van der Waals surface area (Å²) in [5.41, 5.74) is 2.79. The minimum absolute atomic E-state index is 0.0560. The predicted molar refractivity (Wildman–Crippen MR) is 121 cm³/mol. The van der Waals surface area contributed by atoms with Crippen LogP contribution in [0.25, 0.3) is 0 Å². The van der Waals surface area contributed by atoms with Crippen molar-refractivity contribution in [1.29, 1.82) is 0 Å². The summed E-state index contributed by atoms with van der Waals surface area (Å²) in [6, 6.07) is 9.11. The van der Waals surface area contributed by atoms with Gasteiger partial charge in [-0.2, -0.15) is 0 Å². The van der Waals surface area contributed by atoms with E-state index in [9.17, 15) is 9.18 Å². The van der Waals surface area contributed by atoms with Gasteiger partial charge in [-0.25, -0.2) is 9.02 Å². The highest BCUT2D eigenvalue weighted by Gasteiger charge is 2.38. The molecule has 2 heterocycles. The third-order valence-electron chi connectivity index (χ3n) is 6.22. The number of rotatable bonds is 5. The third kappa shape index (κ3) is 3.70. The summed E-state index contributed by atoms with van der Waals surface area (Å²) in [5.74, 6) is 1.75. The zero-order valence-corrected chi connectivity index (χ0v) is 18.8. The fourth-order valence-electron chi connectivity index (χ4n) is 4.58. The molecule has 2 atom stereocenters. The average Bonchev–Trinajstić information content (AvgIpc) is 3.22. The fourth-order valence-corrected chi connectivity index (χ4v) is 4.58. The molecule has 5 rings (SSSR count). The van der Waals surface area contributed by atoms with Crippen LogP contribution in [0.15, 0.2) is 52.3 Å². The van der Waals surface area contributed by atoms with Gasteiger partial charge in [-0.05, 0) is 46.4 Å². The van der Waals surface area contributed by atoms with E-state index in [0.29, 0.717) is 52.1 Å². The molecule has 1 aliphatic carbocycles. The normalized spacial score (nSPS) is 19.4. The van der Waals surface area contributed by atoms with Crippen molar-refractivity contribution in [2.75, 3.05) is 32.0 Å². The summed E-state index contributed by atoms with van der Waals surface area (Å²) in [5, 5.41) is 14.4. The van der Waals surface area contributed by atoms with Gasteiger partial charge in [0.2, 0.25) is 11.6 Å². The van der Waals surface area contributed by atoms with Gasteiger partial charge in [-0.1, -0.05) is 12.1 Å². The summed E-state index contributed by atoms with van der Waals surface area (Å²) in [4.78, 5) is 13.6. The van der Waals surface area contributed by atoms with E-state index < -0.39 is 6.04 Å². The molecule has 10 heteroatoms. The second kappa shape index (κ2) is 8.69. The molecular weight excluding hydrogens is 443 g/mol. The summed E-state index contributed by atoms with van der Waals surface area (Å²) in [7, 11) is 4.63. The maximum atomic E-state index is 13.6. The lowest BCUT2D eigenvalue weighted by Crippen LogP contribution is -2.27. The number of methoxy groups -OCH3 is 3. The van der Waals surface area contributed by atoms with Crippen molar-refractivity contribution >= 4 is 17.4 Å². The minimum atomic E-state index is -0.618. The predicted octanol–water partition coefficient (Wildman–Crippen LogP) is 4.21. The van der Waals surface area contributed by atoms with Gasteiger partial charge >= 0.3 is 0 Å². The first kappa shape index (κ1) is 21.7. The lowest BCUT2D eigenvalue weighted by Gasteiger charge is -2.30. The lowest BCUT2D eigenvalue weighted by atomic mass is 9.78. The highest BCUT2D eigenvalue weighted by Crippen LogP contribution is 2.47. The van der Waals surface area contributed by atoms with Crippen LogP contribution in [0.3, 0.4) is 0 Å². The smallest absolute Gasteiger partial charge is 0.219 e. The van der Waals surface area contributed by atoms with E-state index in [2.05, 4.69) is 20.9 Å². The Morgan fingerprint density at radius 2 is 1.62 bits per heavy atom. The van der Waals surface area contributed by atoms with Gasteiger partial charge in [-0.3, -0.25) is 4.79 Å². The number of allylic oxidation sites excluding steroid dienone is 1. The molecular formula is C24H23FN4O5. The van der Waals surface area contributed by atoms with Crippen LogP contribution in [0.4, 0.5) is 16.0 Å². The standard InChI is InChI=1S/C24H23FN4O5/c1-31-18-11-20(33-3)19(32-2)10-15(18)22-21-16(26-23-24(27-22)29-34-28-23)8-13(9-17(21)30)12-4-6-14(25)7-5-12/h4-7,10-11,13,22H,8-9H2,1-3H3,(H,26,28)(H,27,29)/t13-,22+/m1/s1. The van der Waals surface area contributed by atoms with E-state index in [-0.39, 0.29) is 23.9 Å². The molecule has 1 aromatic heterocycles. The van der Waals surface area contributed by atoms with Crippen LogP contribution >= 0.6 is 0 Å². The van der Waals surface area contributed by atoms with Gasteiger partial charge in [0, 0.05) is 29.3 Å². The van der Waals surface area contributed by atoms with Gasteiger partial charge in [0.05, 0.1) is 27.4 Å². The maximum Gasteiger partial charge on any atom is 0.219 e. The Morgan fingerprint density at radius 1 is 0.941 bits per heavy atom. The highest BCUT2D eigenvalue weighted by molar-refractivity contribution is 6.01. The number of nitrogens with one attached hydrogen (secondary N) is 2. The van der Waals surface area contributed by atoms with Crippen molar-refractivity contribution in [3.63, 3.8) is 0 Å². The number of carbonyl (C=O) groups excluding carboxylic acids is 1. The molecule has 0 bridgehead atoms. The molecule has 0 amide bonds. The lowest BCUT2D eigenvalue weighted by molar-refractivity contribution is -0.116. The number of benzene rings is 2. The van der Waals surface area contributed by atoms with E-state index in [4.69, 9.17) is 18.8 Å². The third-order valence-corrected chi connectivity index (χ3v) is 6.22. The van der Waals surface area contributed by atoms with Crippen LogP contribution in [-0.2, 0) is 4.79 Å². The van der Waals surface area contributed by atoms with E-state index in [1.807, 2.05) is 0 Å². The molecule has 0 spiro atoms. The Balaban J connectivity index is 1.64. The molecule has 2 aliphatic rings. The summed E-state index contributed by atoms with van der Waals surface area (Å²) < 4.78 is 34.9. The molecule has 0 radical (unpaired) electrons. The van der Waals surface area contributed by atoms with E-state index in [1.165, 1.54) is 12.1 Å². The molecule has 0 saturated heterocycles. The Hall–Kier alpha value is -4.08. The average molecular weight is 466 g/mol. The van der Waals surface area contributed by atoms with Crippen molar-refractivity contribution in [2.45, 2.75) is 24.8 Å². The van der Waals surface area contributed by atoms with Crippen molar-refractivity contribution in [3.05, 3.63) is 64.6 Å². The van der Waals surface area contributed by atoms with Crippen molar-refractivity contribution in [3.8, 4) is 17.2 Å². The van der Waals surface area contributed by atoms with Crippen molar-refractivity contribution in [1.82, 2.24) is 10.3 Å². The maximum absolute atomic E-state index is 13.6. The monoisotopic (exact) mass is 466 g/mol. The second-order valence-electron chi connectivity index (χ2n) is 8.09. The number of nitrogens with zero attached hydrogens (tertiary/aromatic N) is 2. The first-order valence-corrected chi connectivity index (χ1v) is 10.7. The van der Waals surface area contributed by atoms with E-state index >= 15 is 0 Å². The summed E-state index contributed by atoms with van der Waals surface area (Å²) >= 11 is 0. The molecule has 0 unspecified atom stereocenters. The molecule has 34 heavy (non-hydrogen) atoms. The van der Waals surface area contributed by atoms with Gasteiger partial charge in [0.25, 0.3) is 0 Å². The first-order chi connectivity index (χ1) is 16.5. The quantitative estimate of drug-likeness (QED) is 0.572. The van der Waals surface area contributed by atoms with Gasteiger partial charge in [-0.15, -0.1) is 0 Å². The zero-order valence-electron chi connectivity index (χ0n) is 18.8. The first-order valence-electron chi connectivity index (χ1n) is 10.7. The van der Waals surface area contributed by atoms with Crippen LogP contribution in [0.1, 0.15) is 35.9 Å². The highest BCUT2D eigenvalue weighted by atomic mass is 19.1. The number of ether oxygens (including phenoxy) is 3. The number of aromatic nitrogens is 2. The van der Waals surface area contributed by atoms with Crippen LogP contribution in [0, 0.1) is 5.82 Å². The molecule has 0 fully saturated rings. The molecule has 0 saturated carbocycles. The second-order valence-corrected chi connectivity index (χ2v) is 8.09. The minimum Gasteiger partial charge on any atom is -0.496 e. The Kier molecular flexibility index (Phi) is 5.56. The van der Waals surface area contributed by atoms with Crippen molar-refractivity contribution in [2.24, 2.45) is 0 Å². The molecule has 2 aromatic carbocycles. The number of ketones is 1. The Labute approximate surface area is 194 Å². The van der Waals surface area contributed by atoms with Crippen LogP contribution in [0.5, 0.6) is 17.2 Å². The zero-order chi connectivity index (χ0) is 23.8. The Bertz CT molecular complexity index is 1270. The fraction of sp³-hybridized carbons (Fsp3) is 0.292. The molecule has 3 aromatic rings. The van der Waals surface area contributed by atoms with Crippen molar-refractivity contribution < 1.29 is 28.0 Å². The number of fused-ring (bicyclic) bond motifs is 1. The number of hydrogen-bond acceptors (Lipinski definition) is 9. The SMILES string of the molecule is COc1cc(OC)c([C@@H]2Nc3nonc3NC3=C2C(=O)C[C@H](c2ccc(F)cc2)C3)cc1OC. The van der Waals surface area contributed by atoms with Crippen LogP contribution in [-0.4, -0.2) is 37.4 Å². The molecule has 176 valence electrons. The largest absolute Gasteiger partial charge is 0.496 e. The van der Waals surface area contributed by atoms with Gasteiger partial charge < -0.3 is 24.8 Å². The van der Waals surface area contributed by atoms with Gasteiger partial charge in [0.1, 0.15) is 11.6 Å². The number of anilines is 2. The Morgan fingerprint density at radius 3 is 2.32 bits per heavy atom. The molecule has 9 nitrogen and oxygen atoms in total. The van der Waals surface area contributed by atoms with Crippen LogP contribution < -0.4 is 24.8 Å². The van der Waals surface area contributed by atoms with E-state index in [0.717, 1.165) is 5.56 Å². The van der Waals surface area contributed by atoms with E-state index in [1.54, 1.807) is 45.6 Å². The van der Waals surface area contributed by atoms with Crippen LogP contribution in [0.2, 0.25) is 0 Å². The number of halogens is 1. The number of hydrogen-bond donors (Lipinski definition) is 2. The van der Waals surface area contributed by atoms with Gasteiger partial charge in [0.15, 0.2) is 17.3 Å². The summed E-state index contributed by atoms with van der Waals surface area (Å²) in [6.45, 7) is 0. The molecule has 2 N–H and O–H groups in total. The number of carbonyl (C=O) groups is 1. The summed E-state index contributed by atoms with van der Waals surface area (Å²) in [6.07, 6.45) is 0.794.